The van der Waals surface area contributed by atoms with Gasteiger partial charge in [0, 0.05) is 25.0 Å². The Morgan fingerprint density at radius 3 is 2.71 bits per heavy atom. The molecule has 2 aromatic heterocycles. The van der Waals surface area contributed by atoms with Gasteiger partial charge in [-0.1, -0.05) is 0 Å². The van der Waals surface area contributed by atoms with Crippen molar-refractivity contribution < 1.29 is 0 Å². The Labute approximate surface area is 123 Å². The maximum Gasteiger partial charge on any atom is 0.226 e. The van der Waals surface area contributed by atoms with Crippen LogP contribution in [0.15, 0.2) is 18.3 Å². The Balaban J connectivity index is 1.71. The van der Waals surface area contributed by atoms with Crippen molar-refractivity contribution in [3.8, 4) is 6.07 Å². The van der Waals surface area contributed by atoms with Crippen molar-refractivity contribution >= 4 is 11.8 Å². The molecule has 0 aromatic carbocycles. The van der Waals surface area contributed by atoms with Crippen LogP contribution in [-0.4, -0.2) is 32.8 Å². The molecule has 0 unspecified atom stereocenters. The van der Waals surface area contributed by atoms with Crippen LogP contribution >= 0.6 is 0 Å². The van der Waals surface area contributed by atoms with E-state index >= 15 is 0 Å². The molecule has 0 saturated carbocycles. The van der Waals surface area contributed by atoms with E-state index in [0.29, 0.717) is 23.5 Å². The second-order valence-corrected chi connectivity index (χ2v) is 5.25. The number of anilines is 2. The third-order valence-corrected chi connectivity index (χ3v) is 3.71. The van der Waals surface area contributed by atoms with Gasteiger partial charge in [0.1, 0.15) is 17.6 Å². The van der Waals surface area contributed by atoms with Gasteiger partial charge in [-0.3, -0.25) is 4.68 Å². The molecule has 1 aliphatic rings. The van der Waals surface area contributed by atoms with Crippen LogP contribution in [-0.2, 0) is 0 Å². The molecule has 3 rings (SSSR count). The average molecular weight is 283 g/mol. The summed E-state index contributed by atoms with van der Waals surface area (Å²) >= 11 is 0. The number of nitriles is 1. The van der Waals surface area contributed by atoms with Crippen LogP contribution in [0.3, 0.4) is 0 Å². The summed E-state index contributed by atoms with van der Waals surface area (Å²) in [5, 5.41) is 13.3. The van der Waals surface area contributed by atoms with Crippen LogP contribution in [0.25, 0.3) is 0 Å². The molecule has 0 aliphatic carbocycles. The van der Waals surface area contributed by atoms with Crippen molar-refractivity contribution in [1.82, 2.24) is 19.7 Å². The van der Waals surface area contributed by atoms with Crippen molar-refractivity contribution in [3.05, 3.63) is 29.7 Å². The first kappa shape index (κ1) is 13.4. The van der Waals surface area contributed by atoms with Crippen LogP contribution < -0.4 is 10.6 Å². The number of nitrogen functional groups attached to an aromatic ring is 1. The molecule has 108 valence electrons. The van der Waals surface area contributed by atoms with Gasteiger partial charge in [0.25, 0.3) is 0 Å². The summed E-state index contributed by atoms with van der Waals surface area (Å²) in [7, 11) is 0. The van der Waals surface area contributed by atoms with Crippen molar-refractivity contribution in [2.75, 3.05) is 23.7 Å². The second kappa shape index (κ2) is 5.40. The van der Waals surface area contributed by atoms with Crippen molar-refractivity contribution in [2.45, 2.75) is 25.8 Å². The number of rotatable bonds is 2. The smallest absolute Gasteiger partial charge is 0.226 e. The Hall–Kier alpha value is -2.62. The van der Waals surface area contributed by atoms with Crippen LogP contribution in [0.5, 0.6) is 0 Å². The van der Waals surface area contributed by atoms with E-state index in [1.54, 1.807) is 6.07 Å². The van der Waals surface area contributed by atoms with Crippen molar-refractivity contribution in [3.63, 3.8) is 0 Å². The summed E-state index contributed by atoms with van der Waals surface area (Å²) in [6, 6.07) is 5.95. The number of hydrogen-bond donors (Lipinski definition) is 1. The van der Waals surface area contributed by atoms with E-state index in [4.69, 9.17) is 11.0 Å². The average Bonchev–Trinajstić information content (AvgIpc) is 2.93. The lowest BCUT2D eigenvalue weighted by Crippen LogP contribution is -2.36. The molecule has 0 radical (unpaired) electrons. The topological polar surface area (TPSA) is 96.7 Å². The Bertz CT molecular complexity index is 677. The van der Waals surface area contributed by atoms with Crippen LogP contribution in [0.1, 0.15) is 30.3 Å². The van der Waals surface area contributed by atoms with E-state index in [1.165, 1.54) is 0 Å². The number of aryl methyl sites for hydroxylation is 1. The molecule has 7 heteroatoms. The lowest BCUT2D eigenvalue weighted by Gasteiger charge is -2.32. The zero-order valence-electron chi connectivity index (χ0n) is 11.9. The first-order chi connectivity index (χ1) is 10.2. The van der Waals surface area contributed by atoms with Gasteiger partial charge in [0.05, 0.1) is 6.04 Å². The molecule has 0 bridgehead atoms. The molecule has 2 aromatic rings. The highest BCUT2D eigenvalue weighted by Gasteiger charge is 2.23. The van der Waals surface area contributed by atoms with Gasteiger partial charge in [-0.2, -0.15) is 10.4 Å². The first-order valence-electron chi connectivity index (χ1n) is 6.97. The predicted molar refractivity (Wildman–Crippen MR) is 78.6 cm³/mol. The number of hydrogen-bond acceptors (Lipinski definition) is 6. The maximum absolute atomic E-state index is 9.00. The summed E-state index contributed by atoms with van der Waals surface area (Å²) in [6.07, 6.45) is 3.84. The third kappa shape index (κ3) is 2.79. The van der Waals surface area contributed by atoms with E-state index in [-0.39, 0.29) is 0 Å². The molecule has 0 atom stereocenters. The van der Waals surface area contributed by atoms with E-state index in [0.717, 1.165) is 31.6 Å². The molecule has 1 saturated heterocycles. The van der Waals surface area contributed by atoms with E-state index in [1.807, 2.05) is 23.9 Å². The normalized spacial score (nSPS) is 15.9. The lowest BCUT2D eigenvalue weighted by molar-refractivity contribution is 0.365. The minimum Gasteiger partial charge on any atom is -0.382 e. The minimum absolute atomic E-state index is 0.360. The fourth-order valence-electron chi connectivity index (χ4n) is 2.64. The molecular formula is C14H17N7. The van der Waals surface area contributed by atoms with Gasteiger partial charge in [-0.25, -0.2) is 9.97 Å². The van der Waals surface area contributed by atoms with Gasteiger partial charge < -0.3 is 10.6 Å². The molecule has 2 N–H and O–H groups in total. The van der Waals surface area contributed by atoms with E-state index in [2.05, 4.69) is 26.0 Å². The quantitative estimate of drug-likeness (QED) is 0.891. The molecule has 1 aliphatic heterocycles. The summed E-state index contributed by atoms with van der Waals surface area (Å²) < 4.78 is 1.94. The van der Waals surface area contributed by atoms with Gasteiger partial charge in [-0.15, -0.1) is 0 Å². The third-order valence-electron chi connectivity index (χ3n) is 3.71. The van der Waals surface area contributed by atoms with Crippen LogP contribution in [0.2, 0.25) is 0 Å². The highest BCUT2D eigenvalue weighted by atomic mass is 15.3. The summed E-state index contributed by atoms with van der Waals surface area (Å²) in [4.78, 5) is 10.8. The molecule has 0 amide bonds. The Kier molecular flexibility index (Phi) is 3.44. The van der Waals surface area contributed by atoms with Crippen LogP contribution in [0, 0.1) is 18.3 Å². The van der Waals surface area contributed by atoms with Gasteiger partial charge in [0.2, 0.25) is 5.95 Å². The molecule has 3 heterocycles. The largest absolute Gasteiger partial charge is 0.382 e. The highest BCUT2D eigenvalue weighted by molar-refractivity contribution is 5.36. The monoisotopic (exact) mass is 283 g/mol. The molecule has 7 nitrogen and oxygen atoms in total. The lowest BCUT2D eigenvalue weighted by atomic mass is 10.1. The number of nitrogens with zero attached hydrogens (tertiary/aromatic N) is 6. The number of nitrogens with two attached hydrogens (primary N) is 1. The maximum atomic E-state index is 9.00. The first-order valence-corrected chi connectivity index (χ1v) is 6.97. The summed E-state index contributed by atoms with van der Waals surface area (Å²) in [6.45, 7) is 3.57. The molecule has 21 heavy (non-hydrogen) atoms. The minimum atomic E-state index is 0.360. The van der Waals surface area contributed by atoms with Crippen LogP contribution in [0.4, 0.5) is 11.8 Å². The zero-order chi connectivity index (χ0) is 14.8. The van der Waals surface area contributed by atoms with Crippen molar-refractivity contribution in [1.29, 1.82) is 5.26 Å². The zero-order valence-corrected chi connectivity index (χ0v) is 11.9. The van der Waals surface area contributed by atoms with Gasteiger partial charge in [-0.05, 0) is 31.9 Å². The Morgan fingerprint density at radius 1 is 1.33 bits per heavy atom. The molecular weight excluding hydrogens is 266 g/mol. The Morgan fingerprint density at radius 2 is 2.10 bits per heavy atom. The fraction of sp³-hybridized carbons (Fsp3) is 0.429. The number of aromatic nitrogens is 4. The highest BCUT2D eigenvalue weighted by Crippen LogP contribution is 2.24. The standard InChI is InChI=1S/C14H17N7/c1-10-8-11(9-15)18-14(17-10)20-5-2-12(3-6-20)21-7-4-13(16)19-21/h4,7-8,12H,2-3,5-6H2,1H3,(H2,16,19). The predicted octanol–water partition coefficient (Wildman–Crippen LogP) is 1.28. The molecule has 1 fully saturated rings. The van der Waals surface area contributed by atoms with E-state index < -0.39 is 0 Å². The van der Waals surface area contributed by atoms with Gasteiger partial charge in [0.15, 0.2) is 0 Å². The summed E-state index contributed by atoms with van der Waals surface area (Å²) in [5.41, 5.74) is 6.89. The van der Waals surface area contributed by atoms with Crippen molar-refractivity contribution in [2.24, 2.45) is 0 Å². The fourth-order valence-corrected chi connectivity index (χ4v) is 2.64. The molecule has 0 spiro atoms. The SMILES string of the molecule is Cc1cc(C#N)nc(N2CCC(n3ccc(N)n3)CC2)n1. The second-order valence-electron chi connectivity index (χ2n) is 5.25. The summed E-state index contributed by atoms with van der Waals surface area (Å²) in [5.74, 6) is 1.20. The number of piperidine rings is 1. The van der Waals surface area contributed by atoms with Gasteiger partial charge >= 0.3 is 0 Å². The van der Waals surface area contributed by atoms with E-state index in [9.17, 15) is 0 Å².